The highest BCUT2D eigenvalue weighted by Gasteiger charge is 2.16. The molecule has 4 aromatic carbocycles. The zero-order valence-electron chi connectivity index (χ0n) is 21.7. The summed E-state index contributed by atoms with van der Waals surface area (Å²) in [5.74, 6) is 1.18. The van der Waals surface area contributed by atoms with Crippen LogP contribution in [0.2, 0.25) is 0 Å². The van der Waals surface area contributed by atoms with Crippen molar-refractivity contribution in [1.82, 2.24) is 0 Å². The number of rotatable bonds is 8. The molecule has 0 spiro atoms. The number of anilines is 2. The van der Waals surface area contributed by atoms with E-state index in [0.717, 1.165) is 16.7 Å². The van der Waals surface area contributed by atoms with Gasteiger partial charge in [-0.3, -0.25) is 4.79 Å². The maximum Gasteiger partial charge on any atom is 0.435 e. The summed E-state index contributed by atoms with van der Waals surface area (Å²) >= 11 is 1.38. The molecule has 0 aromatic heterocycles. The molecule has 198 valence electrons. The number of amidine groups is 1. The van der Waals surface area contributed by atoms with Crippen LogP contribution in [0.4, 0.5) is 16.2 Å². The SMILES string of the molecule is COC(=O)N=C(Nc1ccc(C(=O)c2ccc(OC)cc2)c(Cc2cccc(N)c2)c1)SCc1ccccc1. The number of aliphatic imine (C=N–C) groups is 1. The van der Waals surface area contributed by atoms with Crippen molar-refractivity contribution in [3.8, 4) is 5.75 Å². The third-order valence-corrected chi connectivity index (χ3v) is 6.83. The molecule has 0 aliphatic rings. The van der Waals surface area contributed by atoms with Gasteiger partial charge in [0.05, 0.1) is 14.2 Å². The average Bonchev–Trinajstić information content (AvgIpc) is 2.96. The Morgan fingerprint density at radius 3 is 2.31 bits per heavy atom. The fraction of sp³-hybridized carbons (Fsp3) is 0.129. The maximum absolute atomic E-state index is 13.5. The summed E-state index contributed by atoms with van der Waals surface area (Å²) in [4.78, 5) is 29.6. The molecule has 39 heavy (non-hydrogen) atoms. The zero-order valence-corrected chi connectivity index (χ0v) is 22.5. The van der Waals surface area contributed by atoms with E-state index < -0.39 is 6.09 Å². The lowest BCUT2D eigenvalue weighted by Crippen LogP contribution is -2.13. The largest absolute Gasteiger partial charge is 0.497 e. The topological polar surface area (TPSA) is 103 Å². The van der Waals surface area contributed by atoms with E-state index in [1.54, 1.807) is 43.5 Å². The molecule has 7 nitrogen and oxygen atoms in total. The van der Waals surface area contributed by atoms with Gasteiger partial charge in [-0.15, -0.1) is 0 Å². The first-order chi connectivity index (χ1) is 18.9. The van der Waals surface area contributed by atoms with Gasteiger partial charge >= 0.3 is 6.09 Å². The number of nitrogen functional groups attached to an aromatic ring is 1. The number of methoxy groups -OCH3 is 2. The Bertz CT molecular complexity index is 1470. The standard InChI is InChI=1S/C31H29N3O4S/c1-37-27-14-11-23(12-15-27)29(35)28-16-13-26(19-24(28)17-22-9-6-10-25(32)18-22)33-30(34-31(36)38-2)39-20-21-7-4-3-5-8-21/h3-16,18-19H,17,20,32H2,1-2H3,(H,33,34,36). The summed E-state index contributed by atoms with van der Waals surface area (Å²) < 4.78 is 9.98. The number of ether oxygens (including phenoxy) is 2. The van der Waals surface area contributed by atoms with Gasteiger partial charge in [0.2, 0.25) is 0 Å². The summed E-state index contributed by atoms with van der Waals surface area (Å²) in [5.41, 5.74) is 11.3. The smallest absolute Gasteiger partial charge is 0.435 e. The molecule has 0 aliphatic carbocycles. The summed E-state index contributed by atoms with van der Waals surface area (Å²) in [5, 5.41) is 3.62. The molecule has 0 unspecified atom stereocenters. The third-order valence-electron chi connectivity index (χ3n) is 5.88. The van der Waals surface area contributed by atoms with Crippen LogP contribution < -0.4 is 15.8 Å². The van der Waals surface area contributed by atoms with Crippen LogP contribution in [0.5, 0.6) is 5.75 Å². The molecule has 0 heterocycles. The Hall–Kier alpha value is -4.56. The quantitative estimate of drug-likeness (QED) is 0.113. The number of hydrogen-bond donors (Lipinski definition) is 2. The second-order valence-corrected chi connectivity index (χ2v) is 9.60. The van der Waals surface area contributed by atoms with E-state index >= 15 is 0 Å². The van der Waals surface area contributed by atoms with Crippen LogP contribution in [0.1, 0.15) is 32.6 Å². The van der Waals surface area contributed by atoms with E-state index in [2.05, 4.69) is 10.3 Å². The van der Waals surface area contributed by atoms with Crippen molar-refractivity contribution in [3.63, 3.8) is 0 Å². The number of nitrogens with zero attached hydrogens (tertiary/aromatic N) is 1. The fourth-order valence-corrected chi connectivity index (χ4v) is 4.76. The number of carbonyl (C=O) groups is 2. The number of thioether (sulfide) groups is 1. The molecule has 0 saturated heterocycles. The molecule has 0 atom stereocenters. The van der Waals surface area contributed by atoms with Gasteiger partial charge in [-0.05, 0) is 77.7 Å². The maximum atomic E-state index is 13.5. The Morgan fingerprint density at radius 2 is 1.62 bits per heavy atom. The lowest BCUT2D eigenvalue weighted by atomic mass is 9.93. The normalized spacial score (nSPS) is 11.1. The molecule has 1 amide bonds. The van der Waals surface area contributed by atoms with Crippen molar-refractivity contribution in [2.24, 2.45) is 4.99 Å². The lowest BCUT2D eigenvalue weighted by molar-refractivity contribution is 0.103. The summed E-state index contributed by atoms with van der Waals surface area (Å²) in [6.07, 6.45) is -0.220. The molecule has 0 aliphatic heterocycles. The molecule has 0 radical (unpaired) electrons. The van der Waals surface area contributed by atoms with E-state index in [1.807, 2.05) is 60.7 Å². The highest BCUT2D eigenvalue weighted by molar-refractivity contribution is 8.13. The number of nitrogens with two attached hydrogens (primary N) is 1. The van der Waals surface area contributed by atoms with Crippen LogP contribution in [0.3, 0.4) is 0 Å². The van der Waals surface area contributed by atoms with Crippen LogP contribution in [0.25, 0.3) is 0 Å². The number of ketones is 1. The molecule has 0 fully saturated rings. The Morgan fingerprint density at radius 1 is 0.872 bits per heavy atom. The van der Waals surface area contributed by atoms with Crippen molar-refractivity contribution < 1.29 is 19.1 Å². The van der Waals surface area contributed by atoms with Crippen molar-refractivity contribution in [1.29, 1.82) is 0 Å². The Kier molecular flexibility index (Phi) is 9.37. The number of amides is 1. The van der Waals surface area contributed by atoms with E-state index in [1.165, 1.54) is 18.9 Å². The van der Waals surface area contributed by atoms with E-state index in [-0.39, 0.29) is 5.78 Å². The first-order valence-electron chi connectivity index (χ1n) is 12.2. The van der Waals surface area contributed by atoms with Crippen molar-refractivity contribution in [2.75, 3.05) is 25.3 Å². The third kappa shape index (κ3) is 7.72. The van der Waals surface area contributed by atoms with E-state index in [4.69, 9.17) is 15.2 Å². The van der Waals surface area contributed by atoms with Crippen LogP contribution in [-0.4, -0.2) is 31.3 Å². The molecule has 8 heteroatoms. The van der Waals surface area contributed by atoms with Crippen molar-refractivity contribution >= 4 is 40.2 Å². The van der Waals surface area contributed by atoms with Crippen molar-refractivity contribution in [3.05, 3.63) is 125 Å². The number of hydrogen-bond acceptors (Lipinski definition) is 6. The minimum atomic E-state index is -0.704. The van der Waals surface area contributed by atoms with Gasteiger partial charge in [-0.2, -0.15) is 4.99 Å². The van der Waals surface area contributed by atoms with Crippen LogP contribution >= 0.6 is 11.8 Å². The summed E-state index contributed by atoms with van der Waals surface area (Å²) in [7, 11) is 2.87. The van der Waals surface area contributed by atoms with Gasteiger partial charge in [0, 0.05) is 28.3 Å². The zero-order chi connectivity index (χ0) is 27.6. The predicted octanol–water partition coefficient (Wildman–Crippen LogP) is 6.57. The molecule has 0 saturated carbocycles. The monoisotopic (exact) mass is 539 g/mol. The fourth-order valence-electron chi connectivity index (χ4n) is 3.93. The molecule has 4 rings (SSSR count). The average molecular weight is 540 g/mol. The van der Waals surface area contributed by atoms with Gasteiger partial charge < -0.3 is 20.5 Å². The van der Waals surface area contributed by atoms with E-state index in [0.29, 0.717) is 45.6 Å². The lowest BCUT2D eigenvalue weighted by Gasteiger charge is -2.14. The van der Waals surface area contributed by atoms with E-state index in [9.17, 15) is 9.59 Å². The Labute approximate surface area is 232 Å². The Balaban J connectivity index is 1.66. The van der Waals surface area contributed by atoms with Gasteiger partial charge in [-0.25, -0.2) is 4.79 Å². The highest BCUT2D eigenvalue weighted by Crippen LogP contribution is 2.25. The molecular formula is C31H29N3O4S. The van der Waals surface area contributed by atoms with Gasteiger partial charge in [0.1, 0.15) is 5.75 Å². The molecule has 3 N–H and O–H groups in total. The second kappa shape index (κ2) is 13.3. The molecule has 4 aromatic rings. The van der Waals surface area contributed by atoms with Gasteiger partial charge in [0.15, 0.2) is 11.0 Å². The summed E-state index contributed by atoms with van der Waals surface area (Å²) in [6.45, 7) is 0. The predicted molar refractivity (Wildman–Crippen MR) is 158 cm³/mol. The summed E-state index contributed by atoms with van der Waals surface area (Å²) in [6, 6.07) is 30.0. The minimum absolute atomic E-state index is 0.106. The van der Waals surface area contributed by atoms with Gasteiger partial charge in [-0.1, -0.05) is 54.2 Å². The van der Waals surface area contributed by atoms with Crippen molar-refractivity contribution in [2.45, 2.75) is 12.2 Å². The molecule has 0 bridgehead atoms. The first-order valence-corrected chi connectivity index (χ1v) is 13.2. The second-order valence-electron chi connectivity index (χ2n) is 8.64. The number of benzene rings is 4. The number of carbonyl (C=O) groups excluding carboxylic acids is 2. The highest BCUT2D eigenvalue weighted by atomic mass is 32.2. The van der Waals surface area contributed by atoms with Crippen LogP contribution in [-0.2, 0) is 16.9 Å². The minimum Gasteiger partial charge on any atom is -0.497 e. The molecular weight excluding hydrogens is 510 g/mol. The number of nitrogens with one attached hydrogen (secondary N) is 1. The van der Waals surface area contributed by atoms with Crippen LogP contribution in [0, 0.1) is 0 Å². The first kappa shape index (κ1) is 27.5. The van der Waals surface area contributed by atoms with Gasteiger partial charge in [0.25, 0.3) is 0 Å². The van der Waals surface area contributed by atoms with Crippen LogP contribution in [0.15, 0.2) is 102 Å².